The zero-order valence-electron chi connectivity index (χ0n) is 28.2. The highest BCUT2D eigenvalue weighted by molar-refractivity contribution is 8.00. The number of carbonyl (C=O) groups excluding carboxylic acids is 3. The lowest BCUT2D eigenvalue weighted by Gasteiger charge is -2.33. The molecule has 3 aromatic carbocycles. The second-order valence-electron chi connectivity index (χ2n) is 13.1. The van der Waals surface area contributed by atoms with Gasteiger partial charge in [-0.15, -0.1) is 23.1 Å². The van der Waals surface area contributed by atoms with Gasteiger partial charge in [-0.1, -0.05) is 69.6 Å². The number of hydrogen-bond acceptors (Lipinski definition) is 6. The van der Waals surface area contributed by atoms with E-state index in [0.29, 0.717) is 34.2 Å². The summed E-state index contributed by atoms with van der Waals surface area (Å²) in [4.78, 5) is 42.0. The van der Waals surface area contributed by atoms with E-state index in [9.17, 15) is 24.0 Å². The lowest BCUT2D eigenvalue weighted by molar-refractivity contribution is -0.116. The first-order valence-corrected chi connectivity index (χ1v) is 18.4. The standard InChI is InChI=1S/C39H38ClFN4O3S2/c1-5-33(37(48)45-38-29(22-42)27-18-17-24(39(2,3)4)19-34(27)50-38)49-26-14-9-13-25(20-26)43-36(47)32(21-28-30(40)15-10-16-31(28)41)44-35(46)23-11-7-6-8-12-23/h6-16,20-21,24,33H,5,17-19H2,1-4H3,(H,43,47)(H,44,46)(H,45,48)/b32-21+. The molecule has 0 radical (unpaired) electrons. The number of thioether (sulfide) groups is 1. The lowest BCUT2D eigenvalue weighted by Crippen LogP contribution is -2.30. The molecule has 1 heterocycles. The van der Waals surface area contributed by atoms with Gasteiger partial charge in [0.15, 0.2) is 0 Å². The molecule has 1 aromatic heterocycles. The van der Waals surface area contributed by atoms with Gasteiger partial charge in [-0.05, 0) is 91.1 Å². The summed E-state index contributed by atoms with van der Waals surface area (Å²) in [6.07, 6.45) is 4.47. The Morgan fingerprint density at radius 3 is 2.50 bits per heavy atom. The third kappa shape index (κ3) is 8.83. The second kappa shape index (κ2) is 16.1. The molecule has 7 nitrogen and oxygen atoms in total. The molecule has 50 heavy (non-hydrogen) atoms. The average molecular weight is 729 g/mol. The zero-order valence-corrected chi connectivity index (χ0v) is 30.6. The van der Waals surface area contributed by atoms with Gasteiger partial charge in [0.25, 0.3) is 11.8 Å². The van der Waals surface area contributed by atoms with E-state index in [1.807, 2.05) is 13.0 Å². The van der Waals surface area contributed by atoms with Crippen molar-refractivity contribution in [2.24, 2.45) is 11.3 Å². The molecule has 4 aromatic rings. The largest absolute Gasteiger partial charge is 0.321 e. The van der Waals surface area contributed by atoms with Crippen LogP contribution in [0.2, 0.25) is 5.02 Å². The summed E-state index contributed by atoms with van der Waals surface area (Å²) >= 11 is 9.08. The average Bonchev–Trinajstić information content (AvgIpc) is 3.44. The number of anilines is 2. The van der Waals surface area contributed by atoms with Crippen LogP contribution in [0.15, 0.2) is 83.4 Å². The number of nitrogens with one attached hydrogen (secondary N) is 3. The maximum Gasteiger partial charge on any atom is 0.272 e. The summed E-state index contributed by atoms with van der Waals surface area (Å²) in [6.45, 7) is 8.65. The highest BCUT2D eigenvalue weighted by Gasteiger charge is 2.33. The first kappa shape index (κ1) is 36.8. The minimum absolute atomic E-state index is 0.0473. The third-order valence-corrected chi connectivity index (χ3v) is 11.5. The Labute approximate surface area is 305 Å². The Bertz CT molecular complexity index is 1960. The molecule has 0 aliphatic heterocycles. The maximum absolute atomic E-state index is 14.7. The minimum atomic E-state index is -0.695. The molecular formula is C39H38ClFN4O3S2. The summed E-state index contributed by atoms with van der Waals surface area (Å²) in [5, 5.41) is 18.6. The van der Waals surface area contributed by atoms with Crippen LogP contribution in [-0.2, 0) is 22.4 Å². The van der Waals surface area contributed by atoms with Crippen LogP contribution in [0, 0.1) is 28.5 Å². The number of amides is 3. The first-order valence-electron chi connectivity index (χ1n) is 16.3. The summed E-state index contributed by atoms with van der Waals surface area (Å²) in [5.74, 6) is -1.59. The van der Waals surface area contributed by atoms with Gasteiger partial charge >= 0.3 is 0 Å². The van der Waals surface area contributed by atoms with Crippen LogP contribution in [0.3, 0.4) is 0 Å². The fraction of sp³-hybridized carbons (Fsp3) is 0.282. The van der Waals surface area contributed by atoms with Crippen molar-refractivity contribution in [1.82, 2.24) is 5.32 Å². The van der Waals surface area contributed by atoms with E-state index in [0.717, 1.165) is 29.7 Å². The van der Waals surface area contributed by atoms with Crippen LogP contribution in [0.4, 0.5) is 15.1 Å². The SMILES string of the molecule is CCC(Sc1cccc(NC(=O)/C(=C\c2c(F)cccc2Cl)NC(=O)c2ccccc2)c1)C(=O)Nc1sc2c(c1C#N)CCC(C(C)(C)C)C2. The van der Waals surface area contributed by atoms with Crippen molar-refractivity contribution in [2.75, 3.05) is 10.6 Å². The van der Waals surface area contributed by atoms with Crippen molar-refractivity contribution in [1.29, 1.82) is 5.26 Å². The van der Waals surface area contributed by atoms with Gasteiger partial charge in [0.1, 0.15) is 22.6 Å². The van der Waals surface area contributed by atoms with Gasteiger partial charge in [-0.25, -0.2) is 4.39 Å². The van der Waals surface area contributed by atoms with E-state index in [-0.39, 0.29) is 27.6 Å². The predicted molar refractivity (Wildman–Crippen MR) is 201 cm³/mol. The van der Waals surface area contributed by atoms with Crippen molar-refractivity contribution < 1.29 is 18.8 Å². The molecule has 0 saturated heterocycles. The summed E-state index contributed by atoms with van der Waals surface area (Å²) < 4.78 is 14.7. The maximum atomic E-state index is 14.7. The van der Waals surface area contributed by atoms with Crippen LogP contribution in [0.25, 0.3) is 6.08 Å². The molecule has 3 N–H and O–H groups in total. The summed E-state index contributed by atoms with van der Waals surface area (Å²) in [7, 11) is 0. The van der Waals surface area contributed by atoms with Crippen molar-refractivity contribution in [2.45, 2.75) is 63.5 Å². The van der Waals surface area contributed by atoms with E-state index in [2.05, 4.69) is 42.8 Å². The predicted octanol–water partition coefficient (Wildman–Crippen LogP) is 9.48. The van der Waals surface area contributed by atoms with Crippen LogP contribution >= 0.6 is 34.7 Å². The molecule has 1 aliphatic carbocycles. The summed E-state index contributed by atoms with van der Waals surface area (Å²) in [6, 6.07) is 21.8. The Morgan fingerprint density at radius 2 is 1.82 bits per heavy atom. The Morgan fingerprint density at radius 1 is 1.08 bits per heavy atom. The van der Waals surface area contributed by atoms with Crippen molar-refractivity contribution >= 4 is 69.2 Å². The fourth-order valence-corrected chi connectivity index (χ4v) is 8.30. The molecule has 0 spiro atoms. The molecule has 0 bridgehead atoms. The van der Waals surface area contributed by atoms with Gasteiger partial charge in [0, 0.05) is 26.6 Å². The van der Waals surface area contributed by atoms with E-state index >= 15 is 0 Å². The van der Waals surface area contributed by atoms with Crippen molar-refractivity contribution in [3.8, 4) is 6.07 Å². The second-order valence-corrected chi connectivity index (χ2v) is 15.9. The Balaban J connectivity index is 1.32. The van der Waals surface area contributed by atoms with E-state index in [1.165, 1.54) is 52.3 Å². The van der Waals surface area contributed by atoms with Gasteiger partial charge in [-0.3, -0.25) is 14.4 Å². The van der Waals surface area contributed by atoms with E-state index in [4.69, 9.17) is 11.6 Å². The van der Waals surface area contributed by atoms with Gasteiger partial charge < -0.3 is 16.0 Å². The molecule has 3 amide bonds. The Hall–Kier alpha value is -4.43. The molecule has 11 heteroatoms. The van der Waals surface area contributed by atoms with Crippen LogP contribution in [0.5, 0.6) is 0 Å². The number of carbonyl (C=O) groups is 3. The van der Waals surface area contributed by atoms with Crippen LogP contribution < -0.4 is 16.0 Å². The molecule has 5 rings (SSSR count). The monoisotopic (exact) mass is 728 g/mol. The first-order chi connectivity index (χ1) is 23.9. The number of benzene rings is 3. The quantitative estimate of drug-likeness (QED) is 0.111. The molecular weight excluding hydrogens is 691 g/mol. The number of halogens is 2. The molecule has 258 valence electrons. The molecule has 0 fully saturated rings. The smallest absolute Gasteiger partial charge is 0.272 e. The number of nitriles is 1. The topological polar surface area (TPSA) is 111 Å². The summed E-state index contributed by atoms with van der Waals surface area (Å²) in [5.41, 5.74) is 2.24. The van der Waals surface area contributed by atoms with Crippen molar-refractivity contribution in [3.05, 3.63) is 116 Å². The lowest BCUT2D eigenvalue weighted by atomic mass is 9.72. The van der Waals surface area contributed by atoms with Crippen molar-refractivity contribution in [3.63, 3.8) is 0 Å². The van der Waals surface area contributed by atoms with E-state index in [1.54, 1.807) is 48.5 Å². The zero-order chi connectivity index (χ0) is 36.0. The van der Waals surface area contributed by atoms with E-state index < -0.39 is 22.9 Å². The number of hydrogen-bond donors (Lipinski definition) is 3. The number of rotatable bonds is 10. The normalized spacial score (nSPS) is 15.0. The van der Waals surface area contributed by atoms with Gasteiger partial charge in [-0.2, -0.15) is 5.26 Å². The van der Waals surface area contributed by atoms with Gasteiger partial charge in [0.05, 0.1) is 15.8 Å². The number of thiophene rings is 1. The van der Waals surface area contributed by atoms with Gasteiger partial charge in [0.2, 0.25) is 5.91 Å². The number of nitrogens with zero attached hydrogens (tertiary/aromatic N) is 1. The highest BCUT2D eigenvalue weighted by Crippen LogP contribution is 2.44. The highest BCUT2D eigenvalue weighted by atomic mass is 35.5. The molecule has 0 saturated carbocycles. The van der Waals surface area contributed by atoms with Crippen LogP contribution in [0.1, 0.15) is 72.5 Å². The molecule has 2 atom stereocenters. The Kier molecular flexibility index (Phi) is 11.8. The molecule has 1 aliphatic rings. The number of fused-ring (bicyclic) bond motifs is 1. The minimum Gasteiger partial charge on any atom is -0.321 e. The van der Waals surface area contributed by atoms with Crippen LogP contribution in [-0.4, -0.2) is 23.0 Å². The molecule has 2 unspecified atom stereocenters. The third-order valence-electron chi connectivity index (χ3n) is 8.69. The fourth-order valence-electron chi connectivity index (χ4n) is 5.79.